The van der Waals surface area contributed by atoms with Crippen molar-refractivity contribution in [2.24, 2.45) is 0 Å². The fourth-order valence-electron chi connectivity index (χ4n) is 3.12. The first-order chi connectivity index (χ1) is 16.2. The predicted molar refractivity (Wildman–Crippen MR) is 129 cm³/mol. The smallest absolute Gasteiger partial charge is 0.319 e. The van der Waals surface area contributed by atoms with E-state index in [4.69, 9.17) is 10.1 Å². The van der Waals surface area contributed by atoms with Crippen molar-refractivity contribution in [1.82, 2.24) is 15.6 Å². The lowest BCUT2D eigenvalue weighted by atomic mass is 10.1. The second-order valence-electron chi connectivity index (χ2n) is 8.23. The molecule has 2 aromatic rings. The van der Waals surface area contributed by atoms with Crippen molar-refractivity contribution in [2.75, 3.05) is 18.6 Å². The summed E-state index contributed by atoms with van der Waals surface area (Å²) in [5.74, 6) is 5.74. The Morgan fingerprint density at radius 3 is 2.85 bits per heavy atom. The quantitative estimate of drug-likeness (QED) is 0.400. The molecule has 1 aromatic carbocycles. The van der Waals surface area contributed by atoms with Crippen LogP contribution >= 0.6 is 0 Å². The molecule has 4 N–H and O–H groups in total. The standard InChI is InChI=1S/C25H27N5O4/c1-25(2,33)10-9-17-7-8-22-21(13-17)30(3)23(31)20(16-34-22)29-24(32)28-15-18(14-26)12-19-6-4-5-11-27-19/h4-8,11,13-15,20,26,33H,12,16H2,1-3H3,(H2,28,29,32)/b18-15-,26-14?. The highest BCUT2D eigenvalue weighted by Gasteiger charge is 2.30. The van der Waals surface area contributed by atoms with Gasteiger partial charge in [0.05, 0.1) is 5.69 Å². The molecule has 34 heavy (non-hydrogen) atoms. The monoisotopic (exact) mass is 461 g/mol. The molecule has 1 aromatic heterocycles. The Morgan fingerprint density at radius 2 is 2.18 bits per heavy atom. The zero-order chi connectivity index (χ0) is 24.7. The van der Waals surface area contributed by atoms with Crippen LogP contribution in [0, 0.1) is 17.3 Å². The molecule has 3 rings (SSSR count). The van der Waals surface area contributed by atoms with Gasteiger partial charge in [-0.1, -0.05) is 17.9 Å². The number of anilines is 1. The largest absolute Gasteiger partial charge is 0.489 e. The summed E-state index contributed by atoms with van der Waals surface area (Å²) in [5.41, 5.74) is 1.29. The van der Waals surface area contributed by atoms with Gasteiger partial charge in [0.1, 0.15) is 24.0 Å². The van der Waals surface area contributed by atoms with E-state index in [9.17, 15) is 14.7 Å². The number of hydrogen-bond acceptors (Lipinski definition) is 6. The Morgan fingerprint density at radius 1 is 1.38 bits per heavy atom. The highest BCUT2D eigenvalue weighted by atomic mass is 16.5. The second-order valence-corrected chi connectivity index (χ2v) is 8.23. The summed E-state index contributed by atoms with van der Waals surface area (Å²) in [7, 11) is 1.59. The first kappa shape index (κ1) is 24.5. The predicted octanol–water partition coefficient (Wildman–Crippen LogP) is 2.00. The number of nitrogens with one attached hydrogen (secondary N) is 3. The summed E-state index contributed by atoms with van der Waals surface area (Å²) in [6, 6.07) is 9.09. The molecule has 176 valence electrons. The van der Waals surface area contributed by atoms with E-state index in [1.165, 1.54) is 11.1 Å². The molecule has 0 saturated heterocycles. The minimum absolute atomic E-state index is 0.0482. The normalized spacial score (nSPS) is 15.8. The van der Waals surface area contributed by atoms with Crippen molar-refractivity contribution in [1.29, 1.82) is 5.41 Å². The SMILES string of the molecule is CN1C(=O)C(NC(=O)N/C=C(\C=N)Cc2ccccn2)COc2ccc(C#CC(C)(C)O)cc21. The van der Waals surface area contributed by atoms with Gasteiger partial charge in [0.2, 0.25) is 0 Å². The Labute approximate surface area is 198 Å². The van der Waals surface area contributed by atoms with Crippen LogP contribution in [0.25, 0.3) is 0 Å². The van der Waals surface area contributed by atoms with E-state index in [1.807, 2.05) is 12.1 Å². The maximum Gasteiger partial charge on any atom is 0.319 e. The van der Waals surface area contributed by atoms with Crippen LogP contribution in [0.5, 0.6) is 5.75 Å². The molecule has 0 fully saturated rings. The van der Waals surface area contributed by atoms with Crippen LogP contribution in [-0.2, 0) is 11.2 Å². The van der Waals surface area contributed by atoms with Gasteiger partial charge in [0, 0.05) is 43.3 Å². The minimum Gasteiger partial charge on any atom is -0.489 e. The Hall–Kier alpha value is -4.16. The molecular formula is C25H27N5O4. The molecule has 9 heteroatoms. The third-order valence-electron chi connectivity index (χ3n) is 4.86. The van der Waals surface area contributed by atoms with Crippen LogP contribution in [0.1, 0.15) is 25.1 Å². The number of aliphatic hydroxyl groups is 1. The number of nitrogens with zero attached hydrogens (tertiary/aromatic N) is 2. The van der Waals surface area contributed by atoms with Crippen LogP contribution in [-0.4, -0.2) is 53.5 Å². The highest BCUT2D eigenvalue weighted by Crippen LogP contribution is 2.31. The number of rotatable bonds is 5. The Kier molecular flexibility index (Phi) is 7.66. The van der Waals surface area contributed by atoms with Crippen LogP contribution in [0.2, 0.25) is 0 Å². The van der Waals surface area contributed by atoms with E-state index in [0.717, 1.165) is 11.9 Å². The number of urea groups is 1. The van der Waals surface area contributed by atoms with Crippen molar-refractivity contribution in [3.05, 3.63) is 65.6 Å². The molecular weight excluding hydrogens is 434 g/mol. The molecule has 9 nitrogen and oxygen atoms in total. The van der Waals surface area contributed by atoms with Gasteiger partial charge in [0.15, 0.2) is 0 Å². The van der Waals surface area contributed by atoms with E-state index in [0.29, 0.717) is 29.0 Å². The number of amides is 3. The molecule has 1 aliphatic rings. The maximum absolute atomic E-state index is 13.0. The maximum atomic E-state index is 13.0. The molecule has 1 aliphatic heterocycles. The number of carbonyl (C=O) groups excluding carboxylic acids is 2. The lowest BCUT2D eigenvalue weighted by molar-refractivity contribution is -0.120. The molecule has 0 radical (unpaired) electrons. The summed E-state index contributed by atoms with van der Waals surface area (Å²) >= 11 is 0. The van der Waals surface area contributed by atoms with Gasteiger partial charge in [0.25, 0.3) is 5.91 Å². The van der Waals surface area contributed by atoms with E-state index in [2.05, 4.69) is 27.5 Å². The number of carbonyl (C=O) groups is 2. The van der Waals surface area contributed by atoms with Gasteiger partial charge in [-0.25, -0.2) is 4.79 Å². The van der Waals surface area contributed by atoms with Gasteiger partial charge >= 0.3 is 6.03 Å². The first-order valence-corrected chi connectivity index (χ1v) is 10.6. The molecule has 0 bridgehead atoms. The van der Waals surface area contributed by atoms with Crippen molar-refractivity contribution in [3.63, 3.8) is 0 Å². The highest BCUT2D eigenvalue weighted by molar-refractivity contribution is 6.00. The summed E-state index contributed by atoms with van der Waals surface area (Å²) in [6.07, 6.45) is 4.59. The summed E-state index contributed by atoms with van der Waals surface area (Å²) < 4.78 is 5.77. The van der Waals surface area contributed by atoms with Crippen molar-refractivity contribution < 1.29 is 19.4 Å². The van der Waals surface area contributed by atoms with E-state index < -0.39 is 17.7 Å². The Balaban J connectivity index is 1.66. The van der Waals surface area contributed by atoms with Crippen molar-refractivity contribution >= 4 is 23.8 Å². The van der Waals surface area contributed by atoms with E-state index in [1.54, 1.807) is 51.4 Å². The van der Waals surface area contributed by atoms with Crippen LogP contribution in [0.3, 0.4) is 0 Å². The molecule has 1 unspecified atom stereocenters. The number of aromatic nitrogens is 1. The fraction of sp³-hybridized carbons (Fsp3) is 0.280. The number of allylic oxidation sites excluding steroid dienone is 1. The molecule has 0 aliphatic carbocycles. The van der Waals surface area contributed by atoms with Crippen LogP contribution in [0.15, 0.2) is 54.4 Å². The summed E-state index contributed by atoms with van der Waals surface area (Å²) in [4.78, 5) is 31.0. The number of hydrogen-bond donors (Lipinski definition) is 4. The lowest BCUT2D eigenvalue weighted by Crippen LogP contribution is -2.51. The Bertz CT molecular complexity index is 1160. The molecule has 0 saturated carbocycles. The average Bonchev–Trinajstić information content (AvgIpc) is 2.92. The van der Waals surface area contributed by atoms with Gasteiger partial charge < -0.3 is 30.8 Å². The van der Waals surface area contributed by atoms with Gasteiger partial charge in [-0.3, -0.25) is 9.78 Å². The number of ether oxygens (including phenoxy) is 1. The third-order valence-corrected chi connectivity index (χ3v) is 4.86. The number of fused-ring (bicyclic) bond motifs is 1. The van der Waals surface area contributed by atoms with Crippen LogP contribution in [0.4, 0.5) is 10.5 Å². The fourth-order valence-corrected chi connectivity index (χ4v) is 3.12. The summed E-state index contributed by atoms with van der Waals surface area (Å²) in [6.45, 7) is 3.12. The zero-order valence-corrected chi connectivity index (χ0v) is 19.3. The molecule has 3 amide bonds. The van der Waals surface area contributed by atoms with E-state index >= 15 is 0 Å². The van der Waals surface area contributed by atoms with Crippen LogP contribution < -0.4 is 20.3 Å². The molecule has 0 spiro atoms. The number of pyridine rings is 1. The summed E-state index contributed by atoms with van der Waals surface area (Å²) in [5, 5.41) is 22.5. The molecule has 2 heterocycles. The molecule has 1 atom stereocenters. The van der Waals surface area contributed by atoms with Gasteiger partial charge in [-0.2, -0.15) is 0 Å². The van der Waals surface area contributed by atoms with Gasteiger partial charge in [-0.15, -0.1) is 0 Å². The number of likely N-dealkylation sites (N-methyl/N-ethyl adjacent to an activating group) is 1. The second kappa shape index (κ2) is 10.6. The first-order valence-electron chi connectivity index (χ1n) is 10.6. The van der Waals surface area contributed by atoms with Crippen molar-refractivity contribution in [2.45, 2.75) is 31.9 Å². The average molecular weight is 462 g/mol. The minimum atomic E-state index is -1.14. The number of benzene rings is 1. The van der Waals surface area contributed by atoms with E-state index in [-0.39, 0.29) is 12.5 Å². The lowest BCUT2D eigenvalue weighted by Gasteiger charge is -2.20. The zero-order valence-electron chi connectivity index (χ0n) is 19.3. The van der Waals surface area contributed by atoms with Crippen molar-refractivity contribution in [3.8, 4) is 17.6 Å². The third kappa shape index (κ3) is 6.67. The topological polar surface area (TPSA) is 128 Å². The van der Waals surface area contributed by atoms with Gasteiger partial charge in [-0.05, 0) is 49.8 Å².